The number of carbonyl (C=O) groups excluding carboxylic acids is 2. The molecule has 0 radical (unpaired) electrons. The van der Waals surface area contributed by atoms with Crippen molar-refractivity contribution in [3.05, 3.63) is 35.6 Å². The summed E-state index contributed by atoms with van der Waals surface area (Å²) in [6.45, 7) is 16.1. The minimum absolute atomic E-state index is 0.0767. The van der Waals surface area contributed by atoms with Gasteiger partial charge in [-0.25, -0.2) is 9.18 Å². The Bertz CT molecular complexity index is 808. The summed E-state index contributed by atoms with van der Waals surface area (Å²) < 4.78 is 23.6. The third-order valence-electron chi connectivity index (χ3n) is 6.80. The van der Waals surface area contributed by atoms with Crippen molar-refractivity contribution in [2.45, 2.75) is 98.8 Å². The van der Waals surface area contributed by atoms with Gasteiger partial charge in [-0.2, -0.15) is 0 Å². The Labute approximate surface area is 222 Å². The SMILES string of the molecule is CCC(C)C(C)Cc1ccc(F)cc1.COC(C(C)C(C)=O)C1CCCN1C(=O)OC(C)(C)C.O=CO. The minimum atomic E-state index is -0.515. The number of benzene rings is 1. The number of carbonyl (C=O) groups is 3. The summed E-state index contributed by atoms with van der Waals surface area (Å²) in [4.78, 5) is 33.9. The Kier molecular flexibility index (Phi) is 16.0. The molecule has 7 nitrogen and oxygen atoms in total. The number of carboxylic acid groups (broad SMARTS) is 1. The molecule has 8 heteroatoms. The first-order valence-electron chi connectivity index (χ1n) is 13.1. The number of hydrogen-bond acceptors (Lipinski definition) is 5. The van der Waals surface area contributed by atoms with Crippen LogP contribution in [0.1, 0.15) is 80.2 Å². The third kappa shape index (κ3) is 13.0. The minimum Gasteiger partial charge on any atom is -0.483 e. The maximum atomic E-state index is 12.6. The Morgan fingerprint density at radius 1 is 1.16 bits per heavy atom. The van der Waals surface area contributed by atoms with Gasteiger partial charge in [0.1, 0.15) is 17.2 Å². The van der Waals surface area contributed by atoms with E-state index in [1.54, 1.807) is 31.1 Å². The van der Waals surface area contributed by atoms with Crippen LogP contribution in [0, 0.1) is 23.6 Å². The van der Waals surface area contributed by atoms with Crippen molar-refractivity contribution in [3.8, 4) is 0 Å². The van der Waals surface area contributed by atoms with Gasteiger partial charge in [-0.05, 0) is 76.5 Å². The molecule has 1 aromatic rings. The van der Waals surface area contributed by atoms with E-state index in [1.807, 2.05) is 39.8 Å². The van der Waals surface area contributed by atoms with Crippen LogP contribution < -0.4 is 0 Å². The van der Waals surface area contributed by atoms with E-state index in [1.165, 1.54) is 12.0 Å². The van der Waals surface area contributed by atoms with Crippen LogP contribution in [-0.2, 0) is 25.5 Å². The summed E-state index contributed by atoms with van der Waals surface area (Å²) in [7, 11) is 1.59. The highest BCUT2D eigenvalue weighted by Crippen LogP contribution is 2.28. The Balaban J connectivity index is 0.000000664. The van der Waals surface area contributed by atoms with Crippen molar-refractivity contribution in [2.24, 2.45) is 17.8 Å². The molecule has 1 aliphatic heterocycles. The highest BCUT2D eigenvalue weighted by Gasteiger charge is 2.40. The molecule has 1 N–H and O–H groups in total. The number of nitrogens with zero attached hydrogens (tertiary/aromatic N) is 1. The van der Waals surface area contributed by atoms with Crippen molar-refractivity contribution < 1.29 is 33.4 Å². The number of likely N-dealkylation sites (tertiary alicyclic amines) is 1. The zero-order valence-corrected chi connectivity index (χ0v) is 24.1. The average Bonchev–Trinajstić information content (AvgIpc) is 3.30. The van der Waals surface area contributed by atoms with Crippen LogP contribution in [0.15, 0.2) is 24.3 Å². The van der Waals surface area contributed by atoms with Gasteiger partial charge in [0, 0.05) is 19.6 Å². The molecule has 0 spiro atoms. The predicted octanol–water partition coefficient (Wildman–Crippen LogP) is 6.38. The van der Waals surface area contributed by atoms with Crippen LogP contribution in [0.3, 0.4) is 0 Å². The molecule has 5 atom stereocenters. The lowest BCUT2D eigenvalue weighted by atomic mass is 9.88. The Hall–Kier alpha value is -2.48. The molecule has 37 heavy (non-hydrogen) atoms. The standard InChI is InChI=1S/C15H27NO4.C13H19F.CH2O2/c1-10(11(2)17)13(19-6)12-8-7-9-16(12)14(18)20-15(3,4)5;1-4-10(2)11(3)9-12-5-7-13(14)8-6-12;2-1-3/h10,12-13H,7-9H2,1-6H3;5-8,10-11H,4,9H2,1-3H3;1H,(H,2,3). The van der Waals surface area contributed by atoms with Gasteiger partial charge in [0.2, 0.25) is 0 Å². The van der Waals surface area contributed by atoms with Gasteiger partial charge in [-0.1, -0.05) is 46.2 Å². The first-order chi connectivity index (χ1) is 17.2. The van der Waals surface area contributed by atoms with Crippen LogP contribution in [-0.4, -0.2) is 59.8 Å². The fourth-order valence-corrected chi connectivity index (χ4v) is 4.20. The number of halogens is 1. The van der Waals surface area contributed by atoms with E-state index in [0.29, 0.717) is 12.5 Å². The average molecular weight is 526 g/mol. The topological polar surface area (TPSA) is 93.1 Å². The molecule has 5 unspecified atom stereocenters. The first kappa shape index (κ1) is 34.5. The fraction of sp³-hybridized carbons (Fsp3) is 0.690. The largest absolute Gasteiger partial charge is 0.483 e. The molecule has 212 valence electrons. The number of methoxy groups -OCH3 is 1. The van der Waals surface area contributed by atoms with Gasteiger partial charge in [0.05, 0.1) is 12.1 Å². The Morgan fingerprint density at radius 2 is 1.70 bits per heavy atom. The molecule has 2 rings (SSSR count). The molecule has 1 heterocycles. The van der Waals surface area contributed by atoms with Crippen LogP contribution in [0.2, 0.25) is 0 Å². The molecular formula is C29H48FNO6. The van der Waals surface area contributed by atoms with Gasteiger partial charge in [-0.15, -0.1) is 0 Å². The lowest BCUT2D eigenvalue weighted by Gasteiger charge is -2.34. The molecule has 0 bridgehead atoms. The number of hydrogen-bond donors (Lipinski definition) is 1. The molecule has 1 amide bonds. The summed E-state index contributed by atoms with van der Waals surface area (Å²) >= 11 is 0. The number of rotatable bonds is 8. The Morgan fingerprint density at radius 3 is 2.14 bits per heavy atom. The number of ether oxygens (including phenoxy) is 2. The van der Waals surface area contributed by atoms with E-state index >= 15 is 0 Å². The normalized spacial score (nSPS) is 18.2. The molecule has 1 aromatic carbocycles. The molecule has 0 aromatic heterocycles. The second-order valence-electron chi connectivity index (χ2n) is 10.8. The lowest BCUT2D eigenvalue weighted by Crippen LogP contribution is -2.48. The van der Waals surface area contributed by atoms with Gasteiger partial charge in [0.15, 0.2) is 0 Å². The molecular weight excluding hydrogens is 477 g/mol. The van der Waals surface area contributed by atoms with E-state index in [9.17, 15) is 14.0 Å². The second kappa shape index (κ2) is 17.1. The van der Waals surface area contributed by atoms with Crippen LogP contribution in [0.5, 0.6) is 0 Å². The van der Waals surface area contributed by atoms with Crippen molar-refractivity contribution in [3.63, 3.8) is 0 Å². The van der Waals surface area contributed by atoms with Crippen molar-refractivity contribution in [2.75, 3.05) is 13.7 Å². The van der Waals surface area contributed by atoms with Crippen molar-refractivity contribution >= 4 is 18.3 Å². The molecule has 1 fully saturated rings. The summed E-state index contributed by atoms with van der Waals surface area (Å²) in [5.41, 5.74) is 0.720. The van der Waals surface area contributed by atoms with E-state index in [0.717, 1.165) is 25.2 Å². The zero-order chi connectivity index (χ0) is 28.8. The smallest absolute Gasteiger partial charge is 0.410 e. The maximum absolute atomic E-state index is 12.6. The lowest BCUT2D eigenvalue weighted by molar-refractivity contribution is -0.126. The van der Waals surface area contributed by atoms with E-state index in [2.05, 4.69) is 20.8 Å². The first-order valence-corrected chi connectivity index (χ1v) is 13.1. The van der Waals surface area contributed by atoms with Gasteiger partial charge in [-0.3, -0.25) is 9.59 Å². The highest BCUT2D eigenvalue weighted by atomic mass is 19.1. The predicted molar refractivity (Wildman–Crippen MR) is 144 cm³/mol. The highest BCUT2D eigenvalue weighted by molar-refractivity contribution is 5.78. The van der Waals surface area contributed by atoms with Crippen molar-refractivity contribution in [1.29, 1.82) is 0 Å². The number of amides is 1. The quantitative estimate of drug-likeness (QED) is 0.396. The van der Waals surface area contributed by atoms with E-state index in [-0.39, 0.29) is 42.2 Å². The molecule has 1 aliphatic rings. The molecule has 1 saturated heterocycles. The van der Waals surface area contributed by atoms with Crippen LogP contribution in [0.4, 0.5) is 9.18 Å². The van der Waals surface area contributed by atoms with Gasteiger partial charge < -0.3 is 19.5 Å². The second-order valence-corrected chi connectivity index (χ2v) is 10.8. The molecule has 0 saturated carbocycles. The summed E-state index contributed by atoms with van der Waals surface area (Å²) in [6, 6.07) is 6.76. The van der Waals surface area contributed by atoms with Crippen LogP contribution in [0.25, 0.3) is 0 Å². The zero-order valence-electron chi connectivity index (χ0n) is 24.1. The monoisotopic (exact) mass is 525 g/mol. The van der Waals surface area contributed by atoms with E-state index < -0.39 is 5.60 Å². The maximum Gasteiger partial charge on any atom is 0.410 e. The third-order valence-corrected chi connectivity index (χ3v) is 6.80. The number of ketones is 1. The van der Waals surface area contributed by atoms with Crippen molar-refractivity contribution in [1.82, 2.24) is 4.90 Å². The summed E-state index contributed by atoms with van der Waals surface area (Å²) in [6.07, 6.45) is 3.42. The number of Topliss-reactive ketones (excluding diaryl/α,β-unsaturated/α-hetero) is 1. The summed E-state index contributed by atoms with van der Waals surface area (Å²) in [5, 5.41) is 6.89. The summed E-state index contributed by atoms with van der Waals surface area (Å²) in [5.74, 6) is 1.11. The molecule has 0 aliphatic carbocycles. The van der Waals surface area contributed by atoms with Gasteiger partial charge >= 0.3 is 6.09 Å². The van der Waals surface area contributed by atoms with Gasteiger partial charge in [0.25, 0.3) is 6.47 Å². The van der Waals surface area contributed by atoms with E-state index in [4.69, 9.17) is 19.4 Å². The fourth-order valence-electron chi connectivity index (χ4n) is 4.20. The van der Waals surface area contributed by atoms with Crippen LogP contribution >= 0.6 is 0 Å².